The van der Waals surface area contributed by atoms with Crippen LogP contribution in [0.3, 0.4) is 0 Å². The summed E-state index contributed by atoms with van der Waals surface area (Å²) < 4.78 is 5.28. The number of benzene rings is 1. The number of carbonyl (C=O) groups is 1. The first-order chi connectivity index (χ1) is 15.7. The number of ether oxygens (including phenoxy) is 1. The van der Waals surface area contributed by atoms with E-state index in [0.717, 1.165) is 25.7 Å². The molecule has 6 heteroatoms. The summed E-state index contributed by atoms with van der Waals surface area (Å²) in [4.78, 5) is 11.8. The van der Waals surface area contributed by atoms with Crippen LogP contribution in [0.1, 0.15) is 95.5 Å². The second-order valence-electron chi connectivity index (χ2n) is 12.7. The number of hydrogen-bond acceptors (Lipinski definition) is 6. The third-order valence-corrected chi connectivity index (χ3v) is 10.1. The maximum Gasteiger partial charge on any atom is 0.204 e. The Bertz CT molecular complexity index is 980. The van der Waals surface area contributed by atoms with Crippen molar-refractivity contribution in [2.24, 2.45) is 40.4 Å². The Morgan fingerprint density at radius 2 is 1.59 bits per heavy atom. The smallest absolute Gasteiger partial charge is 0.204 e. The fourth-order valence-corrected chi connectivity index (χ4v) is 8.27. The van der Waals surface area contributed by atoms with E-state index in [1.54, 1.807) is 0 Å². The van der Waals surface area contributed by atoms with Gasteiger partial charge in [-0.2, -0.15) is 0 Å². The van der Waals surface area contributed by atoms with Gasteiger partial charge in [0, 0.05) is 5.56 Å². The third-order valence-electron chi connectivity index (χ3n) is 10.1. The molecule has 3 aliphatic rings. The van der Waals surface area contributed by atoms with Gasteiger partial charge in [-0.05, 0) is 85.4 Å². The normalized spacial score (nSPS) is 37.0. The lowest BCUT2D eigenvalue weighted by atomic mass is 9.59. The number of aromatic hydroxyl groups is 3. The number of aldehydes is 1. The molecule has 3 aliphatic carbocycles. The van der Waals surface area contributed by atoms with E-state index in [2.05, 4.69) is 34.6 Å². The highest BCUT2D eigenvalue weighted by Crippen LogP contribution is 2.76. The lowest BCUT2D eigenvalue weighted by molar-refractivity contribution is -0.0441. The number of phenols is 3. The topological polar surface area (TPSA) is 107 Å². The van der Waals surface area contributed by atoms with E-state index in [0.29, 0.717) is 24.5 Å². The number of rotatable bonds is 6. The van der Waals surface area contributed by atoms with Crippen LogP contribution in [0.5, 0.6) is 23.0 Å². The van der Waals surface area contributed by atoms with Crippen molar-refractivity contribution in [3.63, 3.8) is 0 Å². The van der Waals surface area contributed by atoms with Gasteiger partial charge in [0.1, 0.15) is 11.3 Å². The Kier molecular flexibility index (Phi) is 5.95. The van der Waals surface area contributed by atoms with Gasteiger partial charge in [0.15, 0.2) is 17.8 Å². The van der Waals surface area contributed by atoms with Crippen LogP contribution in [0.4, 0.5) is 0 Å². The molecule has 0 bridgehead atoms. The molecular weight excluding hydrogens is 432 g/mol. The average molecular weight is 475 g/mol. The Hall–Kier alpha value is -1.95. The fourth-order valence-electron chi connectivity index (χ4n) is 8.27. The van der Waals surface area contributed by atoms with Gasteiger partial charge in [0.05, 0.1) is 12.7 Å². The summed E-state index contributed by atoms with van der Waals surface area (Å²) in [5.41, 5.74) is -0.852. The first-order valence-corrected chi connectivity index (χ1v) is 12.8. The van der Waals surface area contributed by atoms with Gasteiger partial charge in [0.25, 0.3) is 0 Å². The number of carbonyl (C=O) groups excluding carboxylic acids is 1. The van der Waals surface area contributed by atoms with Crippen molar-refractivity contribution in [2.45, 2.75) is 85.2 Å². The van der Waals surface area contributed by atoms with Crippen molar-refractivity contribution in [2.75, 3.05) is 7.11 Å². The lowest BCUT2D eigenvalue weighted by Crippen LogP contribution is -2.42. The zero-order chi connectivity index (χ0) is 25.4. The predicted molar refractivity (Wildman–Crippen MR) is 131 cm³/mol. The van der Waals surface area contributed by atoms with Crippen molar-refractivity contribution in [3.05, 3.63) is 11.1 Å². The molecule has 4 N–H and O–H groups in total. The second kappa shape index (κ2) is 8.04. The van der Waals surface area contributed by atoms with Crippen LogP contribution in [0.25, 0.3) is 0 Å². The number of fused-ring (bicyclic) bond motifs is 3. The number of aliphatic hydroxyl groups is 1. The van der Waals surface area contributed by atoms with E-state index < -0.39 is 11.4 Å². The molecule has 3 saturated carbocycles. The van der Waals surface area contributed by atoms with Crippen LogP contribution in [0.15, 0.2) is 0 Å². The summed E-state index contributed by atoms with van der Waals surface area (Å²) in [7, 11) is 1.33. The zero-order valence-corrected chi connectivity index (χ0v) is 21.7. The van der Waals surface area contributed by atoms with Crippen molar-refractivity contribution in [1.29, 1.82) is 0 Å². The van der Waals surface area contributed by atoms with Crippen molar-refractivity contribution in [3.8, 4) is 23.0 Å². The minimum Gasteiger partial charge on any atom is -0.507 e. The summed E-state index contributed by atoms with van der Waals surface area (Å²) >= 11 is 0. The lowest BCUT2D eigenvalue weighted by Gasteiger charge is -2.45. The van der Waals surface area contributed by atoms with Crippen molar-refractivity contribution >= 4 is 6.29 Å². The summed E-state index contributed by atoms with van der Waals surface area (Å²) in [6.07, 6.45) is 4.66. The van der Waals surface area contributed by atoms with E-state index in [4.69, 9.17) is 4.74 Å². The molecule has 0 aromatic heterocycles. The van der Waals surface area contributed by atoms with E-state index in [1.807, 2.05) is 6.92 Å². The summed E-state index contributed by atoms with van der Waals surface area (Å²) in [5, 5.41) is 44.4. The fraction of sp³-hybridized carbons (Fsp3) is 0.750. The highest BCUT2D eigenvalue weighted by Gasteiger charge is 2.70. The Morgan fingerprint density at radius 1 is 0.971 bits per heavy atom. The maximum atomic E-state index is 11.8. The van der Waals surface area contributed by atoms with Crippen LogP contribution >= 0.6 is 0 Å². The molecule has 7 atom stereocenters. The number of phenolic OH excluding ortho intramolecular Hbond substituents is 3. The van der Waals surface area contributed by atoms with E-state index in [9.17, 15) is 25.2 Å². The van der Waals surface area contributed by atoms with Crippen molar-refractivity contribution in [1.82, 2.24) is 0 Å². The standard InChI is InChI=1S/C28H42O6/c1-14(2)12-18(19-22(30)15(13-29)23(31)25(34-7)24(19)32)27(5)10-8-17-21(27)20-16(26(20,3)4)9-11-28(17,6)33/h13-14,16-18,20-21,30-33H,8-12H2,1-7H3/t16-,17-,18+,20-,21-,27-,28-/m1/s1. The highest BCUT2D eigenvalue weighted by molar-refractivity contribution is 5.88. The molecule has 190 valence electrons. The molecule has 4 rings (SSSR count). The summed E-state index contributed by atoms with van der Waals surface area (Å²) in [6.45, 7) is 13.1. The Labute approximate surface area is 203 Å². The largest absolute Gasteiger partial charge is 0.507 e. The van der Waals surface area contributed by atoms with Crippen LogP contribution < -0.4 is 4.74 Å². The quantitative estimate of drug-likeness (QED) is 0.400. The van der Waals surface area contributed by atoms with Gasteiger partial charge in [-0.25, -0.2) is 0 Å². The summed E-state index contributed by atoms with van der Waals surface area (Å²) in [5.74, 6) is -0.0526. The van der Waals surface area contributed by atoms with Crippen molar-refractivity contribution < 1.29 is 30.0 Å². The van der Waals surface area contributed by atoms with Gasteiger partial charge in [-0.3, -0.25) is 4.79 Å². The highest BCUT2D eigenvalue weighted by atomic mass is 16.5. The van der Waals surface area contributed by atoms with Gasteiger partial charge in [0.2, 0.25) is 5.75 Å². The van der Waals surface area contributed by atoms with Crippen LogP contribution in [-0.4, -0.2) is 39.4 Å². The minimum atomic E-state index is -0.751. The molecule has 34 heavy (non-hydrogen) atoms. The molecule has 6 nitrogen and oxygen atoms in total. The molecule has 0 heterocycles. The van der Waals surface area contributed by atoms with Gasteiger partial charge >= 0.3 is 0 Å². The second-order valence-corrected chi connectivity index (χ2v) is 12.7. The molecule has 0 aliphatic heterocycles. The first kappa shape index (κ1) is 25.2. The van der Waals surface area contributed by atoms with Gasteiger partial charge < -0.3 is 25.2 Å². The number of methoxy groups -OCH3 is 1. The molecule has 0 spiro atoms. The first-order valence-electron chi connectivity index (χ1n) is 12.8. The number of hydrogen-bond donors (Lipinski definition) is 4. The van der Waals surface area contributed by atoms with Gasteiger partial charge in [-0.1, -0.05) is 34.6 Å². The molecule has 0 amide bonds. The SMILES string of the molecule is COc1c(O)c(C=O)c(O)c([C@H](CC(C)C)[C@@]2(C)CC[C@@H]3[C@@H]2[C@H]2[C@@H](CC[C@@]3(C)O)C2(C)C)c1O. The molecule has 0 unspecified atom stereocenters. The Morgan fingerprint density at radius 3 is 2.15 bits per heavy atom. The zero-order valence-electron chi connectivity index (χ0n) is 21.7. The molecule has 1 aromatic rings. The minimum absolute atomic E-state index is 0.137. The molecular formula is C28H42O6. The van der Waals surface area contributed by atoms with Gasteiger partial charge in [-0.15, -0.1) is 0 Å². The van der Waals surface area contributed by atoms with E-state index in [1.165, 1.54) is 7.11 Å². The van der Waals surface area contributed by atoms with E-state index >= 15 is 0 Å². The monoisotopic (exact) mass is 474 g/mol. The van der Waals surface area contributed by atoms with E-state index in [-0.39, 0.29) is 62.9 Å². The van der Waals surface area contributed by atoms with Crippen LogP contribution in [0.2, 0.25) is 0 Å². The molecule has 0 saturated heterocycles. The molecule has 0 radical (unpaired) electrons. The molecule has 3 fully saturated rings. The predicted octanol–water partition coefficient (Wildman–Crippen LogP) is 5.60. The third kappa shape index (κ3) is 3.42. The average Bonchev–Trinajstić information content (AvgIpc) is 3.13. The maximum absolute atomic E-state index is 11.8. The molecule has 1 aromatic carbocycles. The Balaban J connectivity index is 1.93. The summed E-state index contributed by atoms with van der Waals surface area (Å²) in [6, 6.07) is 0. The van der Waals surface area contributed by atoms with Crippen LogP contribution in [0, 0.1) is 40.4 Å². The van der Waals surface area contributed by atoms with Crippen LogP contribution in [-0.2, 0) is 0 Å².